The van der Waals surface area contributed by atoms with Gasteiger partial charge in [-0.25, -0.2) is 13.6 Å². The highest BCUT2D eigenvalue weighted by molar-refractivity contribution is 5.88. The van der Waals surface area contributed by atoms with E-state index in [-0.39, 0.29) is 32.6 Å². The number of alkyl halides is 1. The molecule has 4 saturated carbocycles. The highest BCUT2D eigenvalue weighted by Crippen LogP contribution is 2.78. The summed E-state index contributed by atoms with van der Waals surface area (Å²) in [5, 5.41) is 9.43. The molecule has 1 saturated heterocycles. The maximum absolute atomic E-state index is 14.9. The molecule has 0 radical (unpaired) electrons. The van der Waals surface area contributed by atoms with E-state index in [1.165, 1.54) is 24.1 Å². The molecule has 5 fully saturated rings. The number of fused-ring (bicyclic) bond motifs is 7. The number of nitrogens with zero attached hydrogens (tertiary/aromatic N) is 1. The fourth-order valence-corrected chi connectivity index (χ4v) is 14.5. The molecule has 0 amide bonds. The molecule has 1 aromatic carbocycles. The standard InChI is InChI=1S/C46H65F2NO3/c1-29(2)31-15-20-46(38(50)10-9-25-49-26-23-42(5,48)24-27-49)22-21-44(7)34(39(31)46)13-14-37-43(6)18-16-33(30-11-12-32(40(51)52)35(47)28-30)41(3,4)36(43)17-19-45(37,44)8/h11-12,16,28,31,34,36-37,39H,1,9-10,13-15,17-27H2,2-8H3,(H,51,52)/t31-,34+,36-,37+,39+,43-,44+,45+,46+/m0/s1. The van der Waals surface area contributed by atoms with E-state index >= 15 is 0 Å². The van der Waals surface area contributed by atoms with Crippen LogP contribution in [0, 0.1) is 62.5 Å². The number of halogens is 2. The number of carbonyl (C=O) groups is 2. The van der Waals surface area contributed by atoms with Crippen molar-refractivity contribution in [3.63, 3.8) is 0 Å². The maximum Gasteiger partial charge on any atom is 0.338 e. The Labute approximate surface area is 312 Å². The number of carboxylic acid groups (broad SMARTS) is 1. The van der Waals surface area contributed by atoms with Crippen molar-refractivity contribution in [2.24, 2.45) is 56.7 Å². The van der Waals surface area contributed by atoms with E-state index in [0.717, 1.165) is 88.6 Å². The van der Waals surface area contributed by atoms with Gasteiger partial charge in [-0.15, -0.1) is 0 Å². The second kappa shape index (κ2) is 12.9. The maximum atomic E-state index is 14.9. The van der Waals surface area contributed by atoms with E-state index in [2.05, 4.69) is 59.1 Å². The van der Waals surface area contributed by atoms with Crippen molar-refractivity contribution < 1.29 is 23.5 Å². The van der Waals surface area contributed by atoms with Gasteiger partial charge in [0.25, 0.3) is 0 Å². The molecule has 4 nitrogen and oxygen atoms in total. The zero-order valence-corrected chi connectivity index (χ0v) is 33.2. The van der Waals surface area contributed by atoms with Crippen molar-refractivity contribution >= 4 is 17.3 Å². The average Bonchev–Trinajstić information content (AvgIpc) is 3.47. The van der Waals surface area contributed by atoms with E-state index in [0.29, 0.717) is 54.6 Å². The average molecular weight is 718 g/mol. The zero-order chi connectivity index (χ0) is 37.6. The van der Waals surface area contributed by atoms with Crippen molar-refractivity contribution in [1.82, 2.24) is 4.90 Å². The summed E-state index contributed by atoms with van der Waals surface area (Å²) in [5.74, 6) is 0.830. The van der Waals surface area contributed by atoms with Gasteiger partial charge in [0.05, 0.1) is 5.56 Å². The van der Waals surface area contributed by atoms with Crippen molar-refractivity contribution in [2.45, 2.75) is 138 Å². The summed E-state index contributed by atoms with van der Waals surface area (Å²) in [6.45, 7) is 23.4. The van der Waals surface area contributed by atoms with Crippen LogP contribution in [0.3, 0.4) is 0 Å². The first kappa shape index (κ1) is 38.0. The number of aromatic carboxylic acids is 1. The molecule has 9 atom stereocenters. The Bertz CT molecular complexity index is 1650. The molecule has 0 spiro atoms. The molecule has 0 aromatic heterocycles. The van der Waals surface area contributed by atoms with Gasteiger partial charge < -0.3 is 10.0 Å². The van der Waals surface area contributed by atoms with Crippen LogP contribution in [0.2, 0.25) is 0 Å². The first-order valence-electron chi connectivity index (χ1n) is 20.6. The van der Waals surface area contributed by atoms with Gasteiger partial charge >= 0.3 is 5.97 Å². The van der Waals surface area contributed by atoms with Crippen LogP contribution < -0.4 is 0 Å². The molecule has 0 bridgehead atoms. The van der Waals surface area contributed by atoms with E-state index in [1.807, 2.05) is 0 Å². The minimum absolute atomic E-state index is 0.0926. The van der Waals surface area contributed by atoms with E-state index in [1.54, 1.807) is 13.0 Å². The van der Waals surface area contributed by atoms with Crippen LogP contribution >= 0.6 is 0 Å². The van der Waals surface area contributed by atoms with Crippen LogP contribution in [-0.4, -0.2) is 47.1 Å². The number of piperidine rings is 1. The Morgan fingerprint density at radius 2 is 1.62 bits per heavy atom. The van der Waals surface area contributed by atoms with Crippen LogP contribution in [0.5, 0.6) is 0 Å². The number of rotatable bonds is 8. The monoisotopic (exact) mass is 717 g/mol. The summed E-state index contributed by atoms with van der Waals surface area (Å²) in [6.07, 6.45) is 14.8. The van der Waals surface area contributed by atoms with Gasteiger partial charge in [-0.05, 0) is 172 Å². The lowest BCUT2D eigenvalue weighted by Gasteiger charge is -2.72. The van der Waals surface area contributed by atoms with Gasteiger partial charge in [-0.1, -0.05) is 58.9 Å². The lowest BCUT2D eigenvalue weighted by molar-refractivity contribution is -0.224. The Morgan fingerprint density at radius 3 is 2.27 bits per heavy atom. The van der Waals surface area contributed by atoms with Crippen LogP contribution in [0.4, 0.5) is 8.78 Å². The molecular formula is C46H65F2NO3. The first-order valence-corrected chi connectivity index (χ1v) is 20.6. The minimum Gasteiger partial charge on any atom is -0.478 e. The van der Waals surface area contributed by atoms with E-state index < -0.39 is 17.5 Å². The van der Waals surface area contributed by atoms with Gasteiger partial charge in [0.15, 0.2) is 0 Å². The molecule has 286 valence electrons. The lowest BCUT2D eigenvalue weighted by Crippen LogP contribution is -2.65. The number of benzene rings is 1. The predicted molar refractivity (Wildman–Crippen MR) is 205 cm³/mol. The molecule has 6 aliphatic rings. The third-order valence-electron chi connectivity index (χ3n) is 17.5. The third kappa shape index (κ3) is 5.64. The highest BCUT2D eigenvalue weighted by atomic mass is 19.1. The number of carbonyl (C=O) groups excluding carboxylic acids is 1. The summed E-state index contributed by atoms with van der Waals surface area (Å²) < 4.78 is 29.4. The second-order valence-electron chi connectivity index (χ2n) is 20.2. The van der Waals surface area contributed by atoms with Crippen molar-refractivity contribution in [2.75, 3.05) is 19.6 Å². The van der Waals surface area contributed by atoms with E-state index in [4.69, 9.17) is 0 Å². The van der Waals surface area contributed by atoms with Crippen LogP contribution in [-0.2, 0) is 4.79 Å². The largest absolute Gasteiger partial charge is 0.478 e. The van der Waals surface area contributed by atoms with Gasteiger partial charge in [0, 0.05) is 24.9 Å². The molecule has 7 rings (SSSR count). The summed E-state index contributed by atoms with van der Waals surface area (Å²) in [7, 11) is 0. The number of Topliss-reactive ketones (excluding diaryl/α,β-unsaturated/α-hetero) is 1. The molecule has 0 unspecified atom stereocenters. The number of hydrogen-bond acceptors (Lipinski definition) is 3. The molecule has 1 heterocycles. The molecule has 1 aromatic rings. The van der Waals surface area contributed by atoms with Crippen molar-refractivity contribution in [1.29, 1.82) is 0 Å². The van der Waals surface area contributed by atoms with Crippen LogP contribution in [0.25, 0.3) is 5.57 Å². The highest BCUT2D eigenvalue weighted by Gasteiger charge is 2.71. The van der Waals surface area contributed by atoms with Crippen molar-refractivity contribution in [3.05, 3.63) is 53.4 Å². The number of ketones is 1. The Morgan fingerprint density at radius 1 is 0.904 bits per heavy atom. The smallest absolute Gasteiger partial charge is 0.338 e. The molecule has 52 heavy (non-hydrogen) atoms. The van der Waals surface area contributed by atoms with Crippen LogP contribution in [0.15, 0.2) is 36.4 Å². The number of allylic oxidation sites excluding steroid dienone is 3. The Balaban J connectivity index is 1.14. The molecule has 5 aliphatic carbocycles. The molecule has 1 aliphatic heterocycles. The van der Waals surface area contributed by atoms with Crippen LogP contribution in [0.1, 0.15) is 148 Å². The first-order chi connectivity index (χ1) is 24.3. The Hall–Kier alpha value is -2.34. The fraction of sp³-hybridized carbons (Fsp3) is 0.739. The third-order valence-corrected chi connectivity index (χ3v) is 17.5. The van der Waals surface area contributed by atoms with Gasteiger partial charge in [-0.3, -0.25) is 4.79 Å². The summed E-state index contributed by atoms with van der Waals surface area (Å²) in [5.41, 5.74) is 1.82. The van der Waals surface area contributed by atoms with Gasteiger partial charge in [0.2, 0.25) is 0 Å². The SMILES string of the molecule is C=C(C)[C@@H]1CC[C@]2(C(=O)CCCN3CCC(C)(F)CC3)CC[C@]3(C)[C@H](CC[C@@H]4[C@@]5(C)CC=C(c6ccc(C(=O)O)c(F)c6)C(C)(C)[C@@H]5CC[C@]43C)[C@@H]12. The number of hydrogen-bond donors (Lipinski definition) is 1. The summed E-state index contributed by atoms with van der Waals surface area (Å²) in [4.78, 5) is 28.5. The van der Waals surface area contributed by atoms with Crippen molar-refractivity contribution in [3.8, 4) is 0 Å². The summed E-state index contributed by atoms with van der Waals surface area (Å²) in [6, 6.07) is 4.65. The predicted octanol–water partition coefficient (Wildman–Crippen LogP) is 11.3. The number of likely N-dealkylation sites (tertiary alicyclic amines) is 1. The summed E-state index contributed by atoms with van der Waals surface area (Å²) >= 11 is 0. The van der Waals surface area contributed by atoms with Gasteiger partial charge in [-0.2, -0.15) is 0 Å². The molecule has 1 N–H and O–H groups in total. The normalized spacial score (nSPS) is 40.8. The quantitative estimate of drug-likeness (QED) is 0.272. The minimum atomic E-state index is -1.23. The lowest BCUT2D eigenvalue weighted by atomic mass is 9.32. The second-order valence-corrected chi connectivity index (χ2v) is 20.2. The zero-order valence-electron chi connectivity index (χ0n) is 33.2. The fourth-order valence-electron chi connectivity index (χ4n) is 14.5. The topological polar surface area (TPSA) is 57.6 Å². The molecular weight excluding hydrogens is 653 g/mol. The molecule has 6 heteroatoms. The number of carboxylic acids is 1. The van der Waals surface area contributed by atoms with E-state index in [9.17, 15) is 23.5 Å². The Kier molecular flexibility index (Phi) is 9.40. The van der Waals surface area contributed by atoms with Gasteiger partial charge in [0.1, 0.15) is 17.3 Å².